The Balaban J connectivity index is 1.39. The molecule has 2 aromatic rings. The molecule has 5 nitrogen and oxygen atoms in total. The smallest absolute Gasteiger partial charge is 0.237 e. The molecular weight excluding hydrogens is 332 g/mol. The second-order valence-electron chi connectivity index (χ2n) is 6.56. The summed E-state index contributed by atoms with van der Waals surface area (Å²) in [5.41, 5.74) is 2.24. The first-order chi connectivity index (χ1) is 12.3. The van der Waals surface area contributed by atoms with Crippen molar-refractivity contribution < 1.29 is 4.79 Å². The highest BCUT2D eigenvalue weighted by Gasteiger charge is 2.34. The number of aromatic nitrogens is 3. The van der Waals surface area contributed by atoms with Gasteiger partial charge in [0.25, 0.3) is 0 Å². The Labute approximate surface area is 151 Å². The summed E-state index contributed by atoms with van der Waals surface area (Å²) in [6.45, 7) is 0. The summed E-state index contributed by atoms with van der Waals surface area (Å²) in [4.78, 5) is 19.3. The monoisotopic (exact) mass is 354 g/mol. The summed E-state index contributed by atoms with van der Waals surface area (Å²) in [7, 11) is 0. The molecule has 1 aromatic carbocycles. The first-order valence-electron chi connectivity index (χ1n) is 8.93. The number of rotatable bonds is 6. The largest absolute Gasteiger partial charge is 0.313 e. The van der Waals surface area contributed by atoms with E-state index in [0.717, 1.165) is 37.1 Å². The maximum atomic E-state index is 12.8. The fourth-order valence-electron chi connectivity index (χ4n) is 3.20. The summed E-state index contributed by atoms with van der Waals surface area (Å²) in [5.74, 6) is 1.32. The minimum atomic E-state index is 0.187. The van der Waals surface area contributed by atoms with Gasteiger partial charge in [0.05, 0.1) is 5.75 Å². The number of benzene rings is 1. The van der Waals surface area contributed by atoms with Crippen molar-refractivity contribution in [1.82, 2.24) is 20.1 Å². The number of amides is 1. The summed E-state index contributed by atoms with van der Waals surface area (Å²) in [6, 6.07) is 10.3. The Morgan fingerprint density at radius 3 is 2.80 bits per heavy atom. The normalized spacial score (nSPS) is 17.2. The SMILES string of the molecule is O=C(CSc1n[nH]c(-c2ccccc2)n1)N(C1=CCCCC1)C1CC1. The van der Waals surface area contributed by atoms with Gasteiger partial charge in [0, 0.05) is 17.3 Å². The van der Waals surface area contributed by atoms with E-state index < -0.39 is 0 Å². The Hall–Kier alpha value is -2.08. The highest BCUT2D eigenvalue weighted by atomic mass is 32.2. The zero-order chi connectivity index (χ0) is 17.1. The van der Waals surface area contributed by atoms with Gasteiger partial charge in [0.1, 0.15) is 0 Å². The quantitative estimate of drug-likeness (QED) is 0.796. The zero-order valence-electron chi connectivity index (χ0n) is 14.1. The van der Waals surface area contributed by atoms with E-state index in [1.54, 1.807) is 0 Å². The average Bonchev–Trinajstić information content (AvgIpc) is 3.37. The summed E-state index contributed by atoms with van der Waals surface area (Å²) in [6.07, 6.45) is 9.08. The lowest BCUT2D eigenvalue weighted by atomic mass is 10.0. The highest BCUT2D eigenvalue weighted by molar-refractivity contribution is 7.99. The van der Waals surface area contributed by atoms with E-state index in [4.69, 9.17) is 0 Å². The number of aromatic amines is 1. The van der Waals surface area contributed by atoms with E-state index in [-0.39, 0.29) is 5.91 Å². The number of nitrogens with one attached hydrogen (secondary N) is 1. The van der Waals surface area contributed by atoms with Gasteiger partial charge in [-0.3, -0.25) is 9.89 Å². The molecule has 0 radical (unpaired) electrons. The molecule has 1 N–H and O–H groups in total. The summed E-state index contributed by atoms with van der Waals surface area (Å²) < 4.78 is 0. The lowest BCUT2D eigenvalue weighted by Gasteiger charge is -2.27. The molecule has 25 heavy (non-hydrogen) atoms. The topological polar surface area (TPSA) is 61.9 Å². The van der Waals surface area contributed by atoms with E-state index in [2.05, 4.69) is 26.2 Å². The lowest BCUT2D eigenvalue weighted by molar-refractivity contribution is -0.127. The van der Waals surface area contributed by atoms with Crippen molar-refractivity contribution in [3.63, 3.8) is 0 Å². The second kappa shape index (κ2) is 7.44. The Morgan fingerprint density at radius 1 is 1.24 bits per heavy atom. The molecule has 130 valence electrons. The van der Waals surface area contributed by atoms with Crippen LogP contribution in [-0.4, -0.2) is 37.8 Å². The van der Waals surface area contributed by atoms with E-state index in [1.807, 2.05) is 30.3 Å². The predicted molar refractivity (Wildman–Crippen MR) is 99.0 cm³/mol. The van der Waals surface area contributed by atoms with Crippen LogP contribution in [0.3, 0.4) is 0 Å². The number of carbonyl (C=O) groups is 1. The van der Waals surface area contributed by atoms with Crippen LogP contribution in [0.5, 0.6) is 0 Å². The predicted octanol–water partition coefficient (Wildman–Crippen LogP) is 4.01. The van der Waals surface area contributed by atoms with E-state index >= 15 is 0 Å². The number of allylic oxidation sites excluding steroid dienone is 2. The third-order valence-electron chi connectivity index (χ3n) is 4.59. The average molecular weight is 354 g/mol. The van der Waals surface area contributed by atoms with Crippen LogP contribution in [0.1, 0.15) is 38.5 Å². The van der Waals surface area contributed by atoms with Crippen LogP contribution in [-0.2, 0) is 4.79 Å². The number of nitrogens with zero attached hydrogens (tertiary/aromatic N) is 3. The molecule has 0 unspecified atom stereocenters. The third-order valence-corrected chi connectivity index (χ3v) is 5.43. The minimum Gasteiger partial charge on any atom is -0.313 e. The van der Waals surface area contributed by atoms with E-state index in [9.17, 15) is 4.79 Å². The maximum absolute atomic E-state index is 12.8. The van der Waals surface area contributed by atoms with Crippen molar-refractivity contribution in [3.8, 4) is 11.4 Å². The first kappa shape index (κ1) is 16.4. The molecule has 1 saturated carbocycles. The first-order valence-corrected chi connectivity index (χ1v) is 9.91. The molecule has 0 spiro atoms. The van der Waals surface area contributed by atoms with Gasteiger partial charge in [-0.25, -0.2) is 4.98 Å². The molecule has 2 aliphatic carbocycles. The van der Waals surface area contributed by atoms with Gasteiger partial charge >= 0.3 is 0 Å². The molecule has 2 aliphatic rings. The van der Waals surface area contributed by atoms with Gasteiger partial charge in [0.15, 0.2) is 5.82 Å². The molecule has 1 heterocycles. The van der Waals surface area contributed by atoms with Crippen LogP contribution in [0.2, 0.25) is 0 Å². The van der Waals surface area contributed by atoms with Crippen molar-refractivity contribution in [2.45, 2.75) is 49.7 Å². The van der Waals surface area contributed by atoms with Crippen molar-refractivity contribution in [2.24, 2.45) is 0 Å². The van der Waals surface area contributed by atoms with Gasteiger partial charge in [-0.2, -0.15) is 0 Å². The van der Waals surface area contributed by atoms with Crippen molar-refractivity contribution in [1.29, 1.82) is 0 Å². The fourth-order valence-corrected chi connectivity index (χ4v) is 3.86. The van der Waals surface area contributed by atoms with Crippen molar-refractivity contribution in [3.05, 3.63) is 42.1 Å². The standard InChI is InChI=1S/C19H22N4OS/c24-17(23(16-11-12-16)15-9-5-2-6-10-15)13-25-19-20-18(21-22-19)14-7-3-1-4-8-14/h1,3-4,7-9,16H,2,5-6,10-13H2,(H,20,21,22). The Morgan fingerprint density at radius 2 is 2.08 bits per heavy atom. The minimum absolute atomic E-state index is 0.187. The number of hydrogen-bond acceptors (Lipinski definition) is 4. The number of hydrogen-bond donors (Lipinski definition) is 1. The van der Waals surface area contributed by atoms with Crippen molar-refractivity contribution in [2.75, 3.05) is 5.75 Å². The van der Waals surface area contributed by atoms with Gasteiger partial charge in [-0.05, 0) is 38.5 Å². The fraction of sp³-hybridized carbons (Fsp3) is 0.421. The maximum Gasteiger partial charge on any atom is 0.237 e. The van der Waals surface area contributed by atoms with Crippen molar-refractivity contribution >= 4 is 17.7 Å². The van der Waals surface area contributed by atoms with Crippen LogP contribution in [0.4, 0.5) is 0 Å². The Kier molecular flexibility index (Phi) is 4.88. The van der Waals surface area contributed by atoms with E-state index in [1.165, 1.54) is 30.3 Å². The molecule has 0 aliphatic heterocycles. The molecule has 0 atom stereocenters. The second-order valence-corrected chi connectivity index (χ2v) is 7.50. The summed E-state index contributed by atoms with van der Waals surface area (Å²) >= 11 is 1.41. The van der Waals surface area contributed by atoms with Crippen LogP contribution >= 0.6 is 11.8 Å². The van der Waals surface area contributed by atoms with Crippen LogP contribution in [0.25, 0.3) is 11.4 Å². The third kappa shape index (κ3) is 3.95. The van der Waals surface area contributed by atoms with Crippen LogP contribution < -0.4 is 0 Å². The molecule has 1 amide bonds. The number of H-pyrrole nitrogens is 1. The van der Waals surface area contributed by atoms with Gasteiger partial charge in [-0.15, -0.1) is 5.10 Å². The molecule has 0 bridgehead atoms. The van der Waals surface area contributed by atoms with Gasteiger partial charge < -0.3 is 4.90 Å². The van der Waals surface area contributed by atoms with Crippen LogP contribution in [0.15, 0.2) is 47.3 Å². The Bertz CT molecular complexity index is 767. The van der Waals surface area contributed by atoms with Gasteiger partial charge in [-0.1, -0.05) is 48.2 Å². The number of thioether (sulfide) groups is 1. The zero-order valence-corrected chi connectivity index (χ0v) is 15.0. The molecule has 1 fully saturated rings. The molecular formula is C19H22N4OS. The van der Waals surface area contributed by atoms with E-state index in [0.29, 0.717) is 17.0 Å². The van der Waals surface area contributed by atoms with Gasteiger partial charge in [0.2, 0.25) is 11.1 Å². The molecule has 6 heteroatoms. The summed E-state index contributed by atoms with van der Waals surface area (Å²) in [5, 5.41) is 7.82. The molecule has 4 rings (SSSR count). The highest BCUT2D eigenvalue weighted by Crippen LogP contribution is 2.34. The molecule has 0 saturated heterocycles. The lowest BCUT2D eigenvalue weighted by Crippen LogP contribution is -2.34. The number of carbonyl (C=O) groups excluding carboxylic acids is 1. The van der Waals surface area contributed by atoms with Crippen LogP contribution in [0, 0.1) is 0 Å². The molecule has 1 aromatic heterocycles.